The molecule has 0 N–H and O–H groups in total. The number of carbonyl (C=O) groups excluding carboxylic acids is 6. The van der Waals surface area contributed by atoms with E-state index in [0.29, 0.717) is 130 Å². The van der Waals surface area contributed by atoms with Crippen molar-refractivity contribution in [2.24, 2.45) is 11.8 Å². The highest BCUT2D eigenvalue weighted by Crippen LogP contribution is 2.38. The number of hydrogen-bond donors (Lipinski definition) is 0. The van der Waals surface area contributed by atoms with Gasteiger partial charge in [-0.05, 0) is 216 Å². The van der Waals surface area contributed by atoms with E-state index in [1.807, 2.05) is 72.8 Å². The first-order chi connectivity index (χ1) is 46.4. The topological polar surface area (TPSA) is 217 Å². The van der Waals surface area contributed by atoms with Gasteiger partial charge in [0, 0.05) is 47.9 Å². The molecule has 18 heteroatoms. The lowest BCUT2D eigenvalue weighted by Crippen LogP contribution is -2.30. The first kappa shape index (κ1) is 70.9. The molecule has 1 aliphatic carbocycles. The van der Waals surface area contributed by atoms with Crippen LogP contribution in [0, 0.1) is 11.8 Å². The molecule has 0 bridgehead atoms. The highest BCUT2D eigenvalue weighted by atomic mass is 16.6. The second-order valence-corrected chi connectivity index (χ2v) is 23.0. The van der Waals surface area contributed by atoms with Crippen molar-refractivity contribution in [3.05, 3.63) is 188 Å². The molecule has 1 fully saturated rings. The zero-order chi connectivity index (χ0) is 66.8. The summed E-state index contributed by atoms with van der Waals surface area (Å²) in [6.45, 7) is 13.6. The summed E-state index contributed by atoms with van der Waals surface area (Å²) in [5.41, 5.74) is 2.88. The molecule has 0 unspecified atom stereocenters. The summed E-state index contributed by atoms with van der Waals surface area (Å²) in [6.07, 6.45) is 17.1. The van der Waals surface area contributed by atoms with E-state index in [1.165, 1.54) is 6.08 Å². The minimum absolute atomic E-state index is 0.143. The van der Waals surface area contributed by atoms with Crippen molar-refractivity contribution in [3.63, 3.8) is 0 Å². The van der Waals surface area contributed by atoms with E-state index in [9.17, 15) is 28.8 Å². The number of hydrogen-bond acceptors (Lipinski definition) is 18. The standard InChI is InChI=1S/C77H85NO17/c1-4-71(79)89-48-16-10-7-13-45-85-60-28-19-55(20-29-60)43-51-88-63-34-38-65(39-35-63)94-76(83)57-23-25-58(26-24-57)77(84)95-66-40-42-68-67-41-27-59(75(82)92-52-44-56-21-30-61(31-22-56)86-46-14-8-11-17-49-90-72(80)5-2)53-69(67)74(78-70(68)54-66)93-64-36-32-62(33-37-64)87-47-15-9-12-18-50-91-73(81)6-3/h4-6,19-22,27-42,53-54,57-58H,1-3,7-18,23-26,43-52H2. The van der Waals surface area contributed by atoms with Gasteiger partial charge in [-0.2, -0.15) is 0 Å². The molecular weight excluding hydrogens is 1210 g/mol. The van der Waals surface area contributed by atoms with Gasteiger partial charge in [0.1, 0.15) is 40.2 Å². The van der Waals surface area contributed by atoms with Crippen LogP contribution >= 0.6 is 0 Å². The third-order valence-corrected chi connectivity index (χ3v) is 15.9. The summed E-state index contributed by atoms with van der Waals surface area (Å²) in [5.74, 6) is 0.963. The molecule has 1 aliphatic rings. The average molecular weight is 1300 g/mol. The lowest BCUT2D eigenvalue weighted by molar-refractivity contribution is -0.145. The molecule has 500 valence electrons. The van der Waals surface area contributed by atoms with Crippen LogP contribution in [0.2, 0.25) is 0 Å². The molecule has 0 spiro atoms. The molecular formula is C77H85NO17. The maximum atomic E-state index is 13.7. The van der Waals surface area contributed by atoms with Gasteiger partial charge in [0.2, 0.25) is 5.88 Å². The molecule has 0 radical (unpaired) electrons. The number of esters is 6. The summed E-state index contributed by atoms with van der Waals surface area (Å²) in [6, 6.07) is 40.3. The van der Waals surface area contributed by atoms with Gasteiger partial charge < -0.3 is 52.1 Å². The minimum atomic E-state index is -0.513. The van der Waals surface area contributed by atoms with Gasteiger partial charge in [-0.1, -0.05) is 50.1 Å². The third-order valence-electron chi connectivity index (χ3n) is 15.9. The number of benzene rings is 6. The molecule has 8 rings (SSSR count). The van der Waals surface area contributed by atoms with Crippen LogP contribution in [0.1, 0.15) is 124 Å². The van der Waals surface area contributed by atoms with Crippen LogP contribution < -0.4 is 33.2 Å². The summed E-state index contributed by atoms with van der Waals surface area (Å²) < 4.78 is 62.9. The molecule has 1 saturated carbocycles. The average Bonchev–Trinajstić information content (AvgIpc) is 0.785. The fourth-order valence-corrected chi connectivity index (χ4v) is 10.6. The number of fused-ring (bicyclic) bond motifs is 3. The van der Waals surface area contributed by atoms with Gasteiger partial charge in [0.25, 0.3) is 0 Å². The third kappa shape index (κ3) is 24.1. The van der Waals surface area contributed by atoms with Crippen LogP contribution in [0.5, 0.6) is 46.1 Å². The van der Waals surface area contributed by atoms with Crippen LogP contribution in [-0.2, 0) is 55.8 Å². The zero-order valence-electron chi connectivity index (χ0n) is 54.0. The monoisotopic (exact) mass is 1300 g/mol. The van der Waals surface area contributed by atoms with E-state index in [1.54, 1.807) is 60.7 Å². The fourth-order valence-electron chi connectivity index (χ4n) is 10.6. The Morgan fingerprint density at radius 2 is 0.747 bits per heavy atom. The van der Waals surface area contributed by atoms with Gasteiger partial charge in [-0.15, -0.1) is 0 Å². The summed E-state index contributed by atoms with van der Waals surface area (Å²) in [7, 11) is 0. The Bertz CT molecular complexity index is 3630. The van der Waals surface area contributed by atoms with Crippen molar-refractivity contribution >= 4 is 57.5 Å². The summed E-state index contributed by atoms with van der Waals surface area (Å²) in [4.78, 5) is 79.3. The highest BCUT2D eigenvalue weighted by Gasteiger charge is 2.32. The predicted octanol–water partition coefficient (Wildman–Crippen LogP) is 15.5. The lowest BCUT2D eigenvalue weighted by atomic mass is 9.82. The minimum Gasteiger partial charge on any atom is -0.494 e. The van der Waals surface area contributed by atoms with E-state index in [2.05, 4.69) is 19.7 Å². The van der Waals surface area contributed by atoms with Crippen LogP contribution in [-0.4, -0.2) is 93.7 Å². The van der Waals surface area contributed by atoms with Crippen molar-refractivity contribution in [3.8, 4) is 46.1 Å². The molecule has 0 amide bonds. The SMILES string of the molecule is C=CC(=O)OCCCCCCOc1ccc(CCOC(=O)c2ccc3c(c2)c(Oc2ccc(OCCCCCCOC(=O)C=C)cc2)nc2cc(OC(=O)C4CCC(C(=O)Oc5ccc(OCCc6ccc(OCCCCCCOC(=O)C=C)cc6)cc5)CC4)ccc23)cc1. The Labute approximate surface area is 555 Å². The van der Waals surface area contributed by atoms with E-state index < -0.39 is 35.8 Å². The maximum absolute atomic E-state index is 13.7. The van der Waals surface area contributed by atoms with Crippen molar-refractivity contribution in [1.82, 2.24) is 4.98 Å². The Hall–Kier alpha value is -9.97. The van der Waals surface area contributed by atoms with Crippen LogP contribution in [0.4, 0.5) is 0 Å². The van der Waals surface area contributed by atoms with E-state index in [4.69, 9.17) is 57.1 Å². The zero-order valence-corrected chi connectivity index (χ0v) is 54.0. The smallest absolute Gasteiger partial charge is 0.338 e. The highest BCUT2D eigenvalue weighted by molar-refractivity contribution is 6.10. The molecule has 0 aliphatic heterocycles. The summed E-state index contributed by atoms with van der Waals surface area (Å²) >= 11 is 0. The lowest BCUT2D eigenvalue weighted by Gasteiger charge is -2.25. The number of nitrogens with zero attached hydrogens (tertiary/aromatic N) is 1. The second kappa shape index (κ2) is 38.9. The molecule has 1 aromatic heterocycles. The van der Waals surface area contributed by atoms with Gasteiger partial charge >= 0.3 is 35.8 Å². The number of carbonyl (C=O) groups is 6. The Kier molecular flexibility index (Phi) is 29.0. The number of unbranched alkanes of at least 4 members (excludes halogenated alkanes) is 9. The predicted molar refractivity (Wildman–Crippen MR) is 360 cm³/mol. The van der Waals surface area contributed by atoms with E-state index in [0.717, 1.165) is 123 Å². The maximum Gasteiger partial charge on any atom is 0.338 e. The number of ether oxygens (including phenoxy) is 11. The van der Waals surface area contributed by atoms with Gasteiger partial charge in [0.05, 0.1) is 75.8 Å². The quantitative estimate of drug-likeness (QED) is 0.00869. The van der Waals surface area contributed by atoms with Crippen LogP contribution in [0.15, 0.2) is 171 Å². The van der Waals surface area contributed by atoms with E-state index >= 15 is 0 Å². The van der Waals surface area contributed by atoms with Gasteiger partial charge in [0.15, 0.2) is 0 Å². The molecule has 6 aromatic carbocycles. The number of aromatic nitrogens is 1. The van der Waals surface area contributed by atoms with Crippen LogP contribution in [0.3, 0.4) is 0 Å². The molecule has 1 heterocycles. The van der Waals surface area contributed by atoms with Crippen molar-refractivity contribution in [2.45, 2.75) is 116 Å². The second-order valence-electron chi connectivity index (χ2n) is 23.0. The van der Waals surface area contributed by atoms with Gasteiger partial charge in [-0.3, -0.25) is 9.59 Å². The largest absolute Gasteiger partial charge is 0.494 e. The molecule has 7 aromatic rings. The first-order valence-electron chi connectivity index (χ1n) is 32.9. The van der Waals surface area contributed by atoms with Crippen molar-refractivity contribution < 1.29 is 80.9 Å². The molecule has 95 heavy (non-hydrogen) atoms. The fraction of sp³-hybridized carbons (Fsp3) is 0.364. The number of rotatable bonds is 41. The normalized spacial score (nSPS) is 13.3. The number of pyridine rings is 1. The van der Waals surface area contributed by atoms with Crippen molar-refractivity contribution in [1.29, 1.82) is 0 Å². The van der Waals surface area contributed by atoms with Gasteiger partial charge in [-0.25, -0.2) is 24.2 Å². The Morgan fingerprint density at radius 1 is 0.368 bits per heavy atom. The van der Waals surface area contributed by atoms with E-state index in [-0.39, 0.29) is 24.4 Å². The molecule has 18 nitrogen and oxygen atoms in total. The molecule has 0 saturated heterocycles. The van der Waals surface area contributed by atoms with Crippen molar-refractivity contribution in [2.75, 3.05) is 52.9 Å². The van der Waals surface area contributed by atoms with Crippen LogP contribution in [0.25, 0.3) is 21.7 Å². The first-order valence-corrected chi connectivity index (χ1v) is 32.9. The Morgan fingerprint density at radius 3 is 1.21 bits per heavy atom. The molecule has 0 atom stereocenters. The Balaban J connectivity index is 0.810. The summed E-state index contributed by atoms with van der Waals surface area (Å²) in [5, 5.41) is 2.03.